The Balaban J connectivity index is 1.47. The second-order valence-electron chi connectivity index (χ2n) is 5.03. The van der Waals surface area contributed by atoms with Crippen molar-refractivity contribution in [1.82, 2.24) is 14.6 Å². The highest BCUT2D eigenvalue weighted by molar-refractivity contribution is 5.89. The third-order valence-corrected chi connectivity index (χ3v) is 3.27. The van der Waals surface area contributed by atoms with E-state index in [1.54, 1.807) is 24.3 Å². The molecule has 0 spiro atoms. The molecule has 3 rings (SSSR count). The fourth-order valence-electron chi connectivity index (χ4n) is 2.10. The zero-order valence-electron chi connectivity index (χ0n) is 13.1. The van der Waals surface area contributed by atoms with Gasteiger partial charge in [0.15, 0.2) is 11.5 Å². The minimum Gasteiger partial charge on any atom is -0.460 e. The molecule has 0 bridgehead atoms. The summed E-state index contributed by atoms with van der Waals surface area (Å²) in [6.45, 7) is 0.402. The molecule has 9 heteroatoms. The quantitative estimate of drug-likeness (QED) is 0.279. The molecule has 25 heavy (non-hydrogen) atoms. The fourth-order valence-corrected chi connectivity index (χ4v) is 2.10. The van der Waals surface area contributed by atoms with E-state index in [0.29, 0.717) is 17.0 Å². The molecule has 128 valence electrons. The highest BCUT2D eigenvalue weighted by Gasteiger charge is 2.10. The molecule has 2 heterocycles. The summed E-state index contributed by atoms with van der Waals surface area (Å²) >= 11 is 0. The zero-order valence-corrected chi connectivity index (χ0v) is 13.1. The number of rotatable bonds is 7. The number of ether oxygens (including phenoxy) is 2. The SMILES string of the molecule is O=C(OCCOCc1nc2ccc([N+](=O)[O-])cn2n1)c1ccccc1. The van der Waals surface area contributed by atoms with Crippen LogP contribution in [0.5, 0.6) is 0 Å². The van der Waals surface area contributed by atoms with Crippen LogP contribution in [0.15, 0.2) is 48.7 Å². The molecule has 0 saturated carbocycles. The van der Waals surface area contributed by atoms with E-state index in [0.717, 1.165) is 0 Å². The Bertz CT molecular complexity index is 894. The number of fused-ring (bicyclic) bond motifs is 1. The normalized spacial score (nSPS) is 10.7. The number of nitro groups is 1. The van der Waals surface area contributed by atoms with Crippen molar-refractivity contribution in [3.05, 3.63) is 70.2 Å². The average molecular weight is 342 g/mol. The molecule has 0 N–H and O–H groups in total. The maximum Gasteiger partial charge on any atom is 0.338 e. The number of hydrogen-bond acceptors (Lipinski definition) is 7. The van der Waals surface area contributed by atoms with Gasteiger partial charge in [0, 0.05) is 6.07 Å². The number of hydrogen-bond donors (Lipinski definition) is 0. The van der Waals surface area contributed by atoms with Crippen LogP contribution in [0.25, 0.3) is 5.65 Å². The number of aromatic nitrogens is 3. The van der Waals surface area contributed by atoms with Crippen molar-refractivity contribution in [1.29, 1.82) is 0 Å². The predicted molar refractivity (Wildman–Crippen MR) is 86.0 cm³/mol. The molecule has 0 amide bonds. The second-order valence-corrected chi connectivity index (χ2v) is 5.03. The van der Waals surface area contributed by atoms with Crippen LogP contribution < -0.4 is 0 Å². The highest BCUT2D eigenvalue weighted by Crippen LogP contribution is 2.12. The topological polar surface area (TPSA) is 109 Å². The van der Waals surface area contributed by atoms with Gasteiger partial charge in [-0.25, -0.2) is 14.3 Å². The Labute approximate surface area is 142 Å². The summed E-state index contributed by atoms with van der Waals surface area (Å²) in [7, 11) is 0. The van der Waals surface area contributed by atoms with Crippen molar-refractivity contribution < 1.29 is 19.2 Å². The van der Waals surface area contributed by atoms with Gasteiger partial charge >= 0.3 is 5.97 Å². The largest absolute Gasteiger partial charge is 0.460 e. The minimum atomic E-state index is -0.502. The van der Waals surface area contributed by atoms with E-state index in [4.69, 9.17) is 9.47 Å². The number of nitrogens with zero attached hydrogens (tertiary/aromatic N) is 4. The first-order valence-corrected chi connectivity index (χ1v) is 7.43. The molecular formula is C16H14N4O5. The molecule has 2 aromatic heterocycles. The first kappa shape index (κ1) is 16.5. The Kier molecular flexibility index (Phi) is 4.95. The van der Waals surface area contributed by atoms with Gasteiger partial charge in [0.1, 0.15) is 19.4 Å². The van der Waals surface area contributed by atoms with Gasteiger partial charge < -0.3 is 9.47 Å². The summed E-state index contributed by atoms with van der Waals surface area (Å²) in [6, 6.07) is 11.5. The fraction of sp³-hybridized carbons (Fsp3) is 0.188. The van der Waals surface area contributed by atoms with Gasteiger partial charge in [-0.15, -0.1) is 5.10 Å². The van der Waals surface area contributed by atoms with Crippen molar-refractivity contribution in [3.63, 3.8) is 0 Å². The van der Waals surface area contributed by atoms with Gasteiger partial charge in [0.05, 0.1) is 17.1 Å². The molecule has 0 aliphatic heterocycles. The monoisotopic (exact) mass is 342 g/mol. The summed E-state index contributed by atoms with van der Waals surface area (Å²) in [6.07, 6.45) is 1.29. The molecule has 0 aliphatic rings. The summed E-state index contributed by atoms with van der Waals surface area (Å²) in [5.41, 5.74) is 0.892. The van der Waals surface area contributed by atoms with Crippen molar-refractivity contribution in [2.24, 2.45) is 0 Å². The smallest absolute Gasteiger partial charge is 0.338 e. The van der Waals surface area contributed by atoms with Crippen LogP contribution in [0.1, 0.15) is 16.2 Å². The van der Waals surface area contributed by atoms with E-state index in [1.807, 2.05) is 6.07 Å². The lowest BCUT2D eigenvalue weighted by atomic mass is 10.2. The number of esters is 1. The van der Waals surface area contributed by atoms with Crippen LogP contribution in [0.2, 0.25) is 0 Å². The van der Waals surface area contributed by atoms with Gasteiger partial charge in [-0.3, -0.25) is 10.1 Å². The molecule has 0 radical (unpaired) electrons. The van der Waals surface area contributed by atoms with Gasteiger partial charge in [-0.2, -0.15) is 0 Å². The van der Waals surface area contributed by atoms with Crippen molar-refractivity contribution >= 4 is 17.3 Å². The lowest BCUT2D eigenvalue weighted by Gasteiger charge is -2.04. The van der Waals surface area contributed by atoms with Crippen molar-refractivity contribution in [2.75, 3.05) is 13.2 Å². The molecule has 9 nitrogen and oxygen atoms in total. The number of carbonyl (C=O) groups is 1. The number of carbonyl (C=O) groups excluding carboxylic acids is 1. The van der Waals surface area contributed by atoms with Crippen molar-refractivity contribution in [3.8, 4) is 0 Å². The highest BCUT2D eigenvalue weighted by atomic mass is 16.6. The Hall–Kier alpha value is -3.33. The molecular weight excluding hydrogens is 328 g/mol. The Morgan fingerprint density at radius 1 is 1.16 bits per heavy atom. The van der Waals surface area contributed by atoms with Crippen LogP contribution in [0, 0.1) is 10.1 Å². The van der Waals surface area contributed by atoms with Gasteiger partial charge in [0.25, 0.3) is 5.69 Å². The van der Waals surface area contributed by atoms with Crippen LogP contribution in [-0.4, -0.2) is 38.7 Å². The third-order valence-electron chi connectivity index (χ3n) is 3.27. The maximum absolute atomic E-state index is 11.7. The van der Waals surface area contributed by atoms with Crippen LogP contribution in [0.3, 0.4) is 0 Å². The van der Waals surface area contributed by atoms with E-state index in [2.05, 4.69) is 10.1 Å². The second kappa shape index (κ2) is 7.49. The van der Waals surface area contributed by atoms with Crippen LogP contribution in [0.4, 0.5) is 5.69 Å². The summed E-state index contributed by atoms with van der Waals surface area (Å²) < 4.78 is 11.8. The Morgan fingerprint density at radius 3 is 2.72 bits per heavy atom. The maximum atomic E-state index is 11.7. The van der Waals surface area contributed by atoms with E-state index in [9.17, 15) is 14.9 Å². The molecule has 0 atom stereocenters. The van der Waals surface area contributed by atoms with Crippen LogP contribution >= 0.6 is 0 Å². The summed E-state index contributed by atoms with van der Waals surface area (Å²) in [4.78, 5) is 26.1. The average Bonchev–Trinajstić information content (AvgIpc) is 3.03. The van der Waals surface area contributed by atoms with Gasteiger partial charge in [0.2, 0.25) is 0 Å². The van der Waals surface area contributed by atoms with E-state index < -0.39 is 10.9 Å². The number of benzene rings is 1. The summed E-state index contributed by atoms with van der Waals surface area (Å²) in [5.74, 6) is -0.0303. The molecule has 3 aromatic rings. The first-order chi connectivity index (χ1) is 12.1. The molecule has 0 saturated heterocycles. The molecule has 0 fully saturated rings. The van der Waals surface area contributed by atoms with Gasteiger partial charge in [-0.05, 0) is 18.2 Å². The zero-order chi connectivity index (χ0) is 17.6. The Morgan fingerprint density at radius 2 is 1.96 bits per heavy atom. The minimum absolute atomic E-state index is 0.0716. The van der Waals surface area contributed by atoms with E-state index >= 15 is 0 Å². The lowest BCUT2D eigenvalue weighted by molar-refractivity contribution is -0.385. The van der Waals surface area contributed by atoms with Crippen LogP contribution in [-0.2, 0) is 16.1 Å². The molecule has 1 aromatic carbocycles. The third kappa shape index (κ3) is 4.15. The van der Waals surface area contributed by atoms with E-state index in [1.165, 1.54) is 22.8 Å². The first-order valence-electron chi connectivity index (χ1n) is 7.43. The molecule has 0 aliphatic carbocycles. The standard InChI is InChI=1S/C16H14N4O5/c21-16(12-4-2-1-3-5-12)25-9-8-24-11-14-17-15-7-6-13(20(22)23)10-19(15)18-14/h1-7,10H,8-9,11H2. The lowest BCUT2D eigenvalue weighted by Crippen LogP contribution is -2.11. The summed E-state index contributed by atoms with van der Waals surface area (Å²) in [5, 5.41) is 14.8. The molecule has 0 unspecified atom stereocenters. The van der Waals surface area contributed by atoms with Gasteiger partial charge in [-0.1, -0.05) is 18.2 Å². The predicted octanol–water partition coefficient (Wildman–Crippen LogP) is 2.01. The van der Waals surface area contributed by atoms with Crippen molar-refractivity contribution in [2.45, 2.75) is 6.61 Å². The van der Waals surface area contributed by atoms with E-state index in [-0.39, 0.29) is 25.5 Å². The number of pyridine rings is 1.